The number of hydrogen-bond donors (Lipinski definition) is 0. The molecule has 5 aromatic rings. The molecule has 0 saturated carbocycles. The van der Waals surface area contributed by atoms with Crippen LogP contribution in [0.1, 0.15) is 24.1 Å². The first-order valence-electron chi connectivity index (χ1n) is 9.92. The highest BCUT2D eigenvalue weighted by Crippen LogP contribution is 2.35. The Kier molecular flexibility index (Phi) is 4.93. The van der Waals surface area contributed by atoms with Gasteiger partial charge in [-0.2, -0.15) is 13.2 Å². The number of halogens is 4. The molecular weight excluding hydrogens is 455 g/mol. The van der Waals surface area contributed by atoms with Gasteiger partial charge in [0.15, 0.2) is 5.52 Å². The predicted octanol–water partition coefficient (Wildman–Crippen LogP) is 5.41. The van der Waals surface area contributed by atoms with Crippen LogP contribution in [-0.4, -0.2) is 24.5 Å². The molecule has 1 atom stereocenters. The van der Waals surface area contributed by atoms with Crippen molar-refractivity contribution < 1.29 is 13.2 Å². The van der Waals surface area contributed by atoms with E-state index in [0.717, 1.165) is 33.2 Å². The lowest BCUT2D eigenvalue weighted by Crippen LogP contribution is -2.22. The summed E-state index contributed by atoms with van der Waals surface area (Å²) in [5.41, 5.74) is 0.720. The summed E-state index contributed by atoms with van der Waals surface area (Å²) >= 11 is 5.73. The van der Waals surface area contributed by atoms with E-state index in [2.05, 4.69) is 15.3 Å². The third kappa shape index (κ3) is 3.64. The van der Waals surface area contributed by atoms with Crippen molar-refractivity contribution in [2.45, 2.75) is 19.1 Å². The highest BCUT2D eigenvalue weighted by molar-refractivity contribution is 6.31. The third-order valence-electron chi connectivity index (χ3n) is 5.53. The maximum absolute atomic E-state index is 13.3. The Morgan fingerprint density at radius 1 is 1.03 bits per heavy atom. The maximum Gasteiger partial charge on any atom is 0.417 e. The van der Waals surface area contributed by atoms with E-state index in [1.54, 1.807) is 12.3 Å². The van der Waals surface area contributed by atoms with Crippen LogP contribution < -0.4 is 5.56 Å². The number of aromatic nitrogens is 5. The van der Waals surface area contributed by atoms with E-state index in [1.807, 2.05) is 37.3 Å². The minimum absolute atomic E-state index is 0.0378. The lowest BCUT2D eigenvalue weighted by Gasteiger charge is -2.15. The van der Waals surface area contributed by atoms with Crippen molar-refractivity contribution >= 4 is 33.5 Å². The van der Waals surface area contributed by atoms with E-state index < -0.39 is 22.3 Å². The van der Waals surface area contributed by atoms with Crippen LogP contribution in [0.4, 0.5) is 13.2 Å². The molecule has 0 spiro atoms. The SMILES string of the molecule is C[C@H](c1ccc2ncccc2c1)n1nnc2ccn(-c3ccc(Cl)c(C(F)(F)F)c3)c(=O)c21. The molecule has 0 N–H and O–H groups in total. The lowest BCUT2D eigenvalue weighted by molar-refractivity contribution is -0.137. The Bertz CT molecular complexity index is 1570. The number of benzene rings is 2. The van der Waals surface area contributed by atoms with Gasteiger partial charge in [-0.15, -0.1) is 5.10 Å². The van der Waals surface area contributed by atoms with Gasteiger partial charge in [-0.1, -0.05) is 28.9 Å². The Morgan fingerprint density at radius 3 is 2.64 bits per heavy atom. The second-order valence-electron chi connectivity index (χ2n) is 7.55. The van der Waals surface area contributed by atoms with Crippen LogP contribution in [0.25, 0.3) is 27.6 Å². The molecular formula is C23H15ClF3N5O. The van der Waals surface area contributed by atoms with Crippen LogP contribution >= 0.6 is 11.6 Å². The quantitative estimate of drug-likeness (QED) is 0.354. The van der Waals surface area contributed by atoms with E-state index in [1.165, 1.54) is 16.9 Å². The van der Waals surface area contributed by atoms with Crippen molar-refractivity contribution in [2.24, 2.45) is 0 Å². The Hall–Kier alpha value is -3.72. The minimum atomic E-state index is -4.65. The fourth-order valence-electron chi connectivity index (χ4n) is 3.80. The first-order chi connectivity index (χ1) is 15.7. The molecule has 0 radical (unpaired) electrons. The molecule has 3 heterocycles. The molecule has 0 saturated heterocycles. The molecule has 2 aromatic carbocycles. The first kappa shape index (κ1) is 21.1. The van der Waals surface area contributed by atoms with Crippen LogP contribution in [0.2, 0.25) is 5.02 Å². The van der Waals surface area contributed by atoms with Gasteiger partial charge in [0.1, 0.15) is 5.52 Å². The summed E-state index contributed by atoms with van der Waals surface area (Å²) in [6.45, 7) is 1.87. The van der Waals surface area contributed by atoms with Gasteiger partial charge in [-0.25, -0.2) is 4.68 Å². The smallest absolute Gasteiger partial charge is 0.282 e. The molecule has 0 unspecified atom stereocenters. The van der Waals surface area contributed by atoms with Gasteiger partial charge in [0, 0.05) is 23.5 Å². The number of alkyl halides is 3. The zero-order chi connectivity index (χ0) is 23.3. The lowest BCUT2D eigenvalue weighted by atomic mass is 10.1. The summed E-state index contributed by atoms with van der Waals surface area (Å²) in [6, 6.07) is 14.0. The van der Waals surface area contributed by atoms with Gasteiger partial charge in [0.05, 0.1) is 22.1 Å². The molecule has 0 aliphatic rings. The molecule has 0 aliphatic carbocycles. The normalized spacial score (nSPS) is 13.0. The second-order valence-corrected chi connectivity index (χ2v) is 7.96. The monoisotopic (exact) mass is 469 g/mol. The van der Waals surface area contributed by atoms with E-state index in [9.17, 15) is 18.0 Å². The van der Waals surface area contributed by atoms with Crippen LogP contribution in [0.3, 0.4) is 0 Å². The second kappa shape index (κ2) is 7.70. The topological polar surface area (TPSA) is 65.6 Å². The predicted molar refractivity (Wildman–Crippen MR) is 119 cm³/mol. The van der Waals surface area contributed by atoms with Crippen molar-refractivity contribution in [3.63, 3.8) is 0 Å². The van der Waals surface area contributed by atoms with Gasteiger partial charge in [-0.05, 0) is 55.0 Å². The summed E-state index contributed by atoms with van der Waals surface area (Å²) < 4.78 is 42.6. The molecule has 0 bridgehead atoms. The Labute approximate surface area is 189 Å². The van der Waals surface area contributed by atoms with Crippen molar-refractivity contribution in [1.82, 2.24) is 24.5 Å². The highest BCUT2D eigenvalue weighted by atomic mass is 35.5. The number of fused-ring (bicyclic) bond motifs is 2. The fraction of sp³-hybridized carbons (Fsp3) is 0.130. The van der Waals surface area contributed by atoms with E-state index >= 15 is 0 Å². The van der Waals surface area contributed by atoms with Crippen LogP contribution in [0, 0.1) is 0 Å². The summed E-state index contributed by atoms with van der Waals surface area (Å²) in [6.07, 6.45) is -1.57. The van der Waals surface area contributed by atoms with E-state index in [-0.39, 0.29) is 17.2 Å². The standard InChI is InChI=1S/C23H15ClF3N5O/c1-13(14-4-7-19-15(11-14)3-2-9-28-19)32-21-20(29-30-32)8-10-31(22(21)33)16-5-6-18(24)17(12-16)23(25,26)27/h2-13H,1H3/t13-/m1/s1. The number of nitrogens with zero attached hydrogens (tertiary/aromatic N) is 5. The highest BCUT2D eigenvalue weighted by Gasteiger charge is 2.33. The van der Waals surface area contributed by atoms with Gasteiger partial charge in [0.2, 0.25) is 0 Å². The third-order valence-corrected chi connectivity index (χ3v) is 5.86. The Morgan fingerprint density at radius 2 is 1.85 bits per heavy atom. The summed E-state index contributed by atoms with van der Waals surface area (Å²) in [5, 5.41) is 8.73. The van der Waals surface area contributed by atoms with Crippen molar-refractivity contribution in [3.8, 4) is 5.69 Å². The average molecular weight is 470 g/mol. The van der Waals surface area contributed by atoms with Crippen LogP contribution in [0.15, 0.2) is 71.8 Å². The number of hydrogen-bond acceptors (Lipinski definition) is 4. The van der Waals surface area contributed by atoms with E-state index in [0.29, 0.717) is 5.52 Å². The number of rotatable bonds is 3. The van der Waals surface area contributed by atoms with Crippen LogP contribution in [0.5, 0.6) is 0 Å². The van der Waals surface area contributed by atoms with Gasteiger partial charge in [0.25, 0.3) is 5.56 Å². The molecule has 10 heteroatoms. The summed E-state index contributed by atoms with van der Waals surface area (Å²) in [7, 11) is 0. The van der Waals surface area contributed by atoms with E-state index in [4.69, 9.17) is 11.6 Å². The molecule has 0 aliphatic heterocycles. The first-order valence-corrected chi connectivity index (χ1v) is 10.3. The Balaban J connectivity index is 1.64. The largest absolute Gasteiger partial charge is 0.417 e. The van der Waals surface area contributed by atoms with Crippen LogP contribution in [-0.2, 0) is 6.18 Å². The van der Waals surface area contributed by atoms with Crippen molar-refractivity contribution in [2.75, 3.05) is 0 Å². The molecule has 6 nitrogen and oxygen atoms in total. The molecule has 166 valence electrons. The zero-order valence-electron chi connectivity index (χ0n) is 17.1. The summed E-state index contributed by atoms with van der Waals surface area (Å²) in [5.74, 6) is 0. The maximum atomic E-state index is 13.3. The minimum Gasteiger partial charge on any atom is -0.282 e. The average Bonchev–Trinajstić information content (AvgIpc) is 3.23. The molecule has 5 rings (SSSR count). The molecule has 0 fully saturated rings. The number of pyridine rings is 2. The van der Waals surface area contributed by atoms with Crippen molar-refractivity contribution in [3.05, 3.63) is 93.5 Å². The van der Waals surface area contributed by atoms with Gasteiger partial charge < -0.3 is 0 Å². The molecule has 3 aromatic heterocycles. The zero-order valence-corrected chi connectivity index (χ0v) is 17.8. The summed E-state index contributed by atoms with van der Waals surface area (Å²) in [4.78, 5) is 17.6. The van der Waals surface area contributed by atoms with Gasteiger partial charge in [-0.3, -0.25) is 14.3 Å². The van der Waals surface area contributed by atoms with Crippen molar-refractivity contribution in [1.29, 1.82) is 0 Å². The molecule has 0 amide bonds. The molecule has 33 heavy (non-hydrogen) atoms. The fourth-order valence-corrected chi connectivity index (χ4v) is 4.03. The van der Waals surface area contributed by atoms with Gasteiger partial charge >= 0.3 is 6.18 Å².